The monoisotopic (exact) mass is 292 g/mol. The van der Waals surface area contributed by atoms with Crippen LogP contribution in [-0.4, -0.2) is 30.1 Å². The number of benzene rings is 1. The number of rotatable bonds is 5. The van der Waals surface area contributed by atoms with Crippen LogP contribution in [-0.2, 0) is 0 Å². The van der Waals surface area contributed by atoms with Crippen molar-refractivity contribution in [3.8, 4) is 0 Å². The number of hydrogen-bond acceptors (Lipinski definition) is 2. The van der Waals surface area contributed by atoms with E-state index in [0.29, 0.717) is 0 Å². The molecule has 118 valence electrons. The van der Waals surface area contributed by atoms with E-state index in [2.05, 4.69) is 31.0 Å². The number of nitrogens with one attached hydrogen (secondary N) is 1. The van der Waals surface area contributed by atoms with Crippen LogP contribution in [0.4, 0.5) is 4.39 Å². The van der Waals surface area contributed by atoms with Gasteiger partial charge in [-0.05, 0) is 70.4 Å². The summed E-state index contributed by atoms with van der Waals surface area (Å²) in [4.78, 5) is 2.59. The lowest BCUT2D eigenvalue weighted by molar-refractivity contribution is 0.0612. The second-order valence-electron chi connectivity index (χ2n) is 6.70. The van der Waals surface area contributed by atoms with Gasteiger partial charge in [-0.2, -0.15) is 0 Å². The third kappa shape index (κ3) is 3.64. The lowest BCUT2D eigenvalue weighted by Gasteiger charge is -2.46. The summed E-state index contributed by atoms with van der Waals surface area (Å²) in [7, 11) is 0. The van der Waals surface area contributed by atoms with E-state index in [1.807, 2.05) is 19.1 Å². The lowest BCUT2D eigenvalue weighted by atomic mass is 9.85. The summed E-state index contributed by atoms with van der Waals surface area (Å²) in [5.74, 6) is -0.121. The van der Waals surface area contributed by atoms with Gasteiger partial charge in [0, 0.05) is 5.54 Å². The second kappa shape index (κ2) is 6.89. The van der Waals surface area contributed by atoms with Gasteiger partial charge in [0.15, 0.2) is 0 Å². The fourth-order valence-electron chi connectivity index (χ4n) is 3.48. The third-order valence-electron chi connectivity index (χ3n) is 4.80. The van der Waals surface area contributed by atoms with E-state index >= 15 is 0 Å². The zero-order chi connectivity index (χ0) is 15.5. The van der Waals surface area contributed by atoms with E-state index in [4.69, 9.17) is 0 Å². The van der Waals surface area contributed by atoms with Gasteiger partial charge < -0.3 is 5.32 Å². The van der Waals surface area contributed by atoms with Crippen LogP contribution in [0.5, 0.6) is 0 Å². The molecule has 2 nitrogen and oxygen atoms in total. The van der Waals surface area contributed by atoms with Gasteiger partial charge >= 0.3 is 0 Å². The lowest BCUT2D eigenvalue weighted by Crippen LogP contribution is -2.54. The molecule has 0 spiro atoms. The number of nitrogens with zero attached hydrogens (tertiary/aromatic N) is 1. The number of aryl methyl sites for hydroxylation is 1. The fourth-order valence-corrected chi connectivity index (χ4v) is 3.48. The Hall–Kier alpha value is -0.930. The van der Waals surface area contributed by atoms with Gasteiger partial charge in [0.25, 0.3) is 0 Å². The zero-order valence-electron chi connectivity index (χ0n) is 13.9. The van der Waals surface area contributed by atoms with Gasteiger partial charge in [-0.15, -0.1) is 0 Å². The quantitative estimate of drug-likeness (QED) is 0.881. The normalized spacial score (nSPS) is 18.7. The van der Waals surface area contributed by atoms with Gasteiger partial charge in [0.2, 0.25) is 0 Å². The zero-order valence-corrected chi connectivity index (χ0v) is 13.9. The van der Waals surface area contributed by atoms with Crippen molar-refractivity contribution in [2.45, 2.75) is 58.5 Å². The molecule has 0 amide bonds. The fraction of sp³-hybridized carbons (Fsp3) is 0.667. The van der Waals surface area contributed by atoms with Gasteiger partial charge in [-0.3, -0.25) is 4.90 Å². The Balaban J connectivity index is 2.29. The Morgan fingerprint density at radius 1 is 1.24 bits per heavy atom. The van der Waals surface area contributed by atoms with Crippen molar-refractivity contribution in [2.24, 2.45) is 0 Å². The minimum atomic E-state index is -0.121. The maximum Gasteiger partial charge on any atom is 0.126 e. The van der Waals surface area contributed by atoms with E-state index in [0.717, 1.165) is 25.2 Å². The number of likely N-dealkylation sites (N-methyl/N-ethyl adjacent to an activating group) is 1. The molecule has 1 aliphatic rings. The van der Waals surface area contributed by atoms with E-state index in [1.54, 1.807) is 6.07 Å². The summed E-state index contributed by atoms with van der Waals surface area (Å²) in [5.41, 5.74) is 1.94. The number of halogens is 1. The van der Waals surface area contributed by atoms with Crippen LogP contribution in [0.15, 0.2) is 18.2 Å². The van der Waals surface area contributed by atoms with Crippen LogP contribution >= 0.6 is 0 Å². The van der Waals surface area contributed by atoms with Crippen molar-refractivity contribution in [3.05, 3.63) is 35.1 Å². The van der Waals surface area contributed by atoms with Crippen molar-refractivity contribution >= 4 is 0 Å². The van der Waals surface area contributed by atoms with Crippen molar-refractivity contribution in [1.82, 2.24) is 10.2 Å². The standard InChI is InChI=1S/C18H29FN2/c1-5-20-17(15-9-10-16(19)14(2)13-15)18(3,4)21-11-7-6-8-12-21/h9-10,13,17,20H,5-8,11-12H2,1-4H3. The predicted octanol–water partition coefficient (Wildman–Crippen LogP) is 4.05. The van der Waals surface area contributed by atoms with Crippen molar-refractivity contribution in [3.63, 3.8) is 0 Å². The molecule has 1 unspecified atom stereocenters. The molecule has 1 atom stereocenters. The van der Waals surface area contributed by atoms with Crippen LogP contribution in [0.25, 0.3) is 0 Å². The number of piperidine rings is 1. The molecule has 0 aliphatic carbocycles. The van der Waals surface area contributed by atoms with Crippen LogP contribution in [0.2, 0.25) is 0 Å². The highest BCUT2D eigenvalue weighted by atomic mass is 19.1. The molecule has 0 radical (unpaired) electrons. The molecular weight excluding hydrogens is 263 g/mol. The smallest absolute Gasteiger partial charge is 0.126 e. The van der Waals surface area contributed by atoms with Crippen LogP contribution < -0.4 is 5.32 Å². The predicted molar refractivity (Wildman–Crippen MR) is 87.1 cm³/mol. The van der Waals surface area contributed by atoms with E-state index in [9.17, 15) is 4.39 Å². The van der Waals surface area contributed by atoms with Crippen molar-refractivity contribution < 1.29 is 4.39 Å². The molecule has 1 aromatic carbocycles. The minimum Gasteiger partial charge on any atom is -0.309 e. The minimum absolute atomic E-state index is 0.0285. The average molecular weight is 292 g/mol. The summed E-state index contributed by atoms with van der Waals surface area (Å²) < 4.78 is 13.6. The maximum atomic E-state index is 13.6. The molecule has 1 heterocycles. The van der Waals surface area contributed by atoms with Gasteiger partial charge in [0.1, 0.15) is 5.82 Å². The highest BCUT2D eigenvalue weighted by Crippen LogP contribution is 2.33. The first-order chi connectivity index (χ1) is 9.96. The Morgan fingerprint density at radius 2 is 1.90 bits per heavy atom. The number of likely N-dealkylation sites (tertiary alicyclic amines) is 1. The Kier molecular flexibility index (Phi) is 5.39. The van der Waals surface area contributed by atoms with E-state index in [-0.39, 0.29) is 17.4 Å². The maximum absolute atomic E-state index is 13.6. The first kappa shape index (κ1) is 16.4. The molecule has 1 aliphatic heterocycles. The number of hydrogen-bond donors (Lipinski definition) is 1. The Bertz CT molecular complexity index is 464. The highest BCUT2D eigenvalue weighted by Gasteiger charge is 2.36. The molecule has 1 N–H and O–H groups in total. The third-order valence-corrected chi connectivity index (χ3v) is 4.80. The topological polar surface area (TPSA) is 15.3 Å². The molecule has 0 saturated carbocycles. The first-order valence-electron chi connectivity index (χ1n) is 8.21. The molecule has 1 aromatic rings. The van der Waals surface area contributed by atoms with Crippen LogP contribution in [0.1, 0.15) is 57.2 Å². The summed E-state index contributed by atoms with van der Waals surface area (Å²) in [6.07, 6.45) is 3.91. The van der Waals surface area contributed by atoms with Crippen molar-refractivity contribution in [2.75, 3.05) is 19.6 Å². The van der Waals surface area contributed by atoms with E-state index in [1.165, 1.54) is 24.8 Å². The molecule has 3 heteroatoms. The first-order valence-corrected chi connectivity index (χ1v) is 8.21. The van der Waals surface area contributed by atoms with Gasteiger partial charge in [0.05, 0.1) is 6.04 Å². The molecular formula is C18H29FN2. The molecule has 21 heavy (non-hydrogen) atoms. The summed E-state index contributed by atoms with van der Waals surface area (Å²) >= 11 is 0. The molecule has 1 fully saturated rings. The SMILES string of the molecule is CCNC(c1ccc(F)c(C)c1)C(C)(C)N1CCCCC1. The van der Waals surface area contributed by atoms with Crippen LogP contribution in [0, 0.1) is 12.7 Å². The molecule has 0 bridgehead atoms. The van der Waals surface area contributed by atoms with Crippen LogP contribution in [0.3, 0.4) is 0 Å². The molecule has 2 rings (SSSR count). The summed E-state index contributed by atoms with van der Waals surface area (Å²) in [5, 5.41) is 3.62. The summed E-state index contributed by atoms with van der Waals surface area (Å²) in [6.45, 7) is 11.8. The second-order valence-corrected chi connectivity index (χ2v) is 6.70. The average Bonchev–Trinajstić information content (AvgIpc) is 2.48. The van der Waals surface area contributed by atoms with Gasteiger partial charge in [-0.1, -0.05) is 25.5 Å². The highest BCUT2D eigenvalue weighted by molar-refractivity contribution is 5.29. The molecule has 1 saturated heterocycles. The molecule has 0 aromatic heterocycles. The largest absolute Gasteiger partial charge is 0.309 e. The Labute approximate surface area is 128 Å². The summed E-state index contributed by atoms with van der Waals surface area (Å²) in [6, 6.07) is 5.75. The van der Waals surface area contributed by atoms with E-state index < -0.39 is 0 Å². The Morgan fingerprint density at radius 3 is 2.48 bits per heavy atom. The van der Waals surface area contributed by atoms with Crippen molar-refractivity contribution in [1.29, 1.82) is 0 Å². The van der Waals surface area contributed by atoms with Gasteiger partial charge in [-0.25, -0.2) is 4.39 Å².